The van der Waals surface area contributed by atoms with Crippen LogP contribution in [0.15, 0.2) is 61.3 Å². The second-order valence-electron chi connectivity index (χ2n) is 8.24. The van der Waals surface area contributed by atoms with Crippen molar-refractivity contribution in [1.29, 1.82) is 0 Å². The summed E-state index contributed by atoms with van der Waals surface area (Å²) in [6.07, 6.45) is 2.88. The summed E-state index contributed by atoms with van der Waals surface area (Å²) in [5, 5.41) is 9.34. The van der Waals surface area contributed by atoms with Gasteiger partial charge in [0.25, 0.3) is 0 Å². The minimum atomic E-state index is -0.311. The van der Waals surface area contributed by atoms with Gasteiger partial charge >= 0.3 is 0 Å². The van der Waals surface area contributed by atoms with Crippen LogP contribution in [-0.4, -0.2) is 69.2 Å². The molecular formula is C26H33N7O3. The van der Waals surface area contributed by atoms with Gasteiger partial charge in [0.2, 0.25) is 11.9 Å². The first-order valence-corrected chi connectivity index (χ1v) is 11.4. The normalized spacial score (nSPS) is 10.5. The van der Waals surface area contributed by atoms with E-state index in [2.05, 4.69) is 42.3 Å². The minimum Gasteiger partial charge on any atom is -0.497 e. The number of ether oxygens (including phenoxy) is 2. The van der Waals surface area contributed by atoms with Gasteiger partial charge in [-0.25, -0.2) is 4.98 Å². The van der Waals surface area contributed by atoms with Crippen molar-refractivity contribution in [3.8, 4) is 11.5 Å². The van der Waals surface area contributed by atoms with Crippen molar-refractivity contribution < 1.29 is 14.3 Å². The Morgan fingerprint density at radius 3 is 2.53 bits per heavy atom. The van der Waals surface area contributed by atoms with Crippen LogP contribution in [0.2, 0.25) is 0 Å². The molecule has 10 nitrogen and oxygen atoms in total. The van der Waals surface area contributed by atoms with Gasteiger partial charge < -0.3 is 35.2 Å². The molecule has 0 bridgehead atoms. The highest BCUT2D eigenvalue weighted by Crippen LogP contribution is 2.38. The van der Waals surface area contributed by atoms with Crippen LogP contribution < -0.4 is 30.3 Å². The van der Waals surface area contributed by atoms with Gasteiger partial charge in [-0.1, -0.05) is 12.6 Å². The van der Waals surface area contributed by atoms with Crippen molar-refractivity contribution >= 4 is 40.4 Å². The lowest BCUT2D eigenvalue weighted by Crippen LogP contribution is -2.29. The van der Waals surface area contributed by atoms with E-state index in [1.54, 1.807) is 32.5 Å². The smallest absolute Gasteiger partial charge is 0.247 e. The summed E-state index contributed by atoms with van der Waals surface area (Å²) >= 11 is 0. The molecule has 1 aromatic heterocycles. The maximum absolute atomic E-state index is 12.2. The molecule has 1 heterocycles. The molecule has 10 heteroatoms. The fourth-order valence-corrected chi connectivity index (χ4v) is 3.36. The highest BCUT2D eigenvalue weighted by atomic mass is 16.5. The molecule has 2 aromatic carbocycles. The molecule has 0 saturated heterocycles. The highest BCUT2D eigenvalue weighted by Gasteiger charge is 2.16. The molecule has 190 valence electrons. The van der Waals surface area contributed by atoms with Gasteiger partial charge in [0, 0.05) is 44.2 Å². The molecule has 1 amide bonds. The lowest BCUT2D eigenvalue weighted by Gasteiger charge is -2.26. The van der Waals surface area contributed by atoms with Crippen molar-refractivity contribution in [2.45, 2.75) is 0 Å². The van der Waals surface area contributed by atoms with Crippen LogP contribution in [0.1, 0.15) is 0 Å². The molecule has 0 unspecified atom stereocenters. The third-order valence-corrected chi connectivity index (χ3v) is 5.30. The standard InChI is InChI=1S/C26H33N7O3/c1-7-25(34)29-20-16-21(23(36-6)17-22(20)33(4)14-13-32(2)3)30-26-27-12-11-24(31-26)28-18-9-8-10-19(15-18)35-5/h7-12,15-17H,1,13-14H2,2-6H3,(H,29,34)(H2,27,28,30,31). The van der Waals surface area contributed by atoms with Gasteiger partial charge in [0.1, 0.15) is 17.3 Å². The predicted octanol–water partition coefficient (Wildman–Crippen LogP) is 4.10. The topological polar surface area (TPSA) is 104 Å². The largest absolute Gasteiger partial charge is 0.497 e. The number of benzene rings is 2. The van der Waals surface area contributed by atoms with Crippen molar-refractivity contribution in [2.75, 3.05) is 69.3 Å². The molecular weight excluding hydrogens is 458 g/mol. The summed E-state index contributed by atoms with van der Waals surface area (Å²) in [6, 6.07) is 13.0. The Morgan fingerprint density at radius 1 is 1.03 bits per heavy atom. The Labute approximate surface area is 212 Å². The Kier molecular flexibility index (Phi) is 9.07. The number of aromatic nitrogens is 2. The predicted molar refractivity (Wildman–Crippen MR) is 145 cm³/mol. The first-order valence-electron chi connectivity index (χ1n) is 11.4. The molecule has 0 radical (unpaired) electrons. The van der Waals surface area contributed by atoms with Crippen LogP contribution in [0, 0.1) is 0 Å². The van der Waals surface area contributed by atoms with Crippen LogP contribution in [-0.2, 0) is 4.79 Å². The second-order valence-corrected chi connectivity index (χ2v) is 8.24. The quantitative estimate of drug-likeness (QED) is 0.323. The van der Waals surface area contributed by atoms with Crippen LogP contribution in [0.4, 0.5) is 34.5 Å². The third-order valence-electron chi connectivity index (χ3n) is 5.30. The number of nitrogens with one attached hydrogen (secondary N) is 3. The Morgan fingerprint density at radius 2 is 1.83 bits per heavy atom. The monoisotopic (exact) mass is 491 g/mol. The Hall–Kier alpha value is -4.31. The Balaban J connectivity index is 1.90. The molecule has 0 fully saturated rings. The highest BCUT2D eigenvalue weighted by molar-refractivity contribution is 6.02. The van der Waals surface area contributed by atoms with E-state index in [1.807, 2.05) is 51.5 Å². The average Bonchev–Trinajstić information content (AvgIpc) is 2.87. The van der Waals surface area contributed by atoms with Gasteiger partial charge in [-0.3, -0.25) is 4.79 Å². The number of amides is 1. The SMILES string of the molecule is C=CC(=O)Nc1cc(Nc2nccc(Nc3cccc(OC)c3)n2)c(OC)cc1N(C)CCN(C)C. The summed E-state index contributed by atoms with van der Waals surface area (Å²) in [5.41, 5.74) is 2.84. The van der Waals surface area contributed by atoms with E-state index < -0.39 is 0 Å². The number of likely N-dealkylation sites (N-methyl/N-ethyl adjacent to an activating group) is 2. The number of hydrogen-bond donors (Lipinski definition) is 3. The molecule has 3 rings (SSSR count). The number of anilines is 6. The molecule has 3 aromatic rings. The maximum atomic E-state index is 12.2. The third kappa shape index (κ3) is 7.09. The fourth-order valence-electron chi connectivity index (χ4n) is 3.36. The van der Waals surface area contributed by atoms with Crippen molar-refractivity contribution in [1.82, 2.24) is 14.9 Å². The van der Waals surface area contributed by atoms with Crippen LogP contribution in [0.3, 0.4) is 0 Å². The second kappa shape index (κ2) is 12.4. The molecule has 36 heavy (non-hydrogen) atoms. The summed E-state index contributed by atoms with van der Waals surface area (Å²) in [4.78, 5) is 25.2. The summed E-state index contributed by atoms with van der Waals surface area (Å²) in [7, 11) is 9.20. The van der Waals surface area contributed by atoms with E-state index in [0.29, 0.717) is 28.9 Å². The summed E-state index contributed by atoms with van der Waals surface area (Å²) in [5.74, 6) is 1.96. The minimum absolute atomic E-state index is 0.311. The van der Waals surface area contributed by atoms with Gasteiger partial charge in [-0.15, -0.1) is 0 Å². The first-order chi connectivity index (χ1) is 17.3. The molecule has 0 aliphatic carbocycles. The van der Waals surface area contributed by atoms with Crippen molar-refractivity contribution in [3.63, 3.8) is 0 Å². The zero-order valence-corrected chi connectivity index (χ0v) is 21.3. The van der Waals surface area contributed by atoms with E-state index in [1.165, 1.54) is 6.08 Å². The number of carbonyl (C=O) groups is 1. The molecule has 0 spiro atoms. The molecule has 0 atom stereocenters. The fraction of sp³-hybridized carbons (Fsp3) is 0.269. The van der Waals surface area contributed by atoms with Crippen LogP contribution in [0.5, 0.6) is 11.5 Å². The van der Waals surface area contributed by atoms with Crippen LogP contribution >= 0.6 is 0 Å². The van der Waals surface area contributed by atoms with E-state index in [0.717, 1.165) is 30.2 Å². The summed E-state index contributed by atoms with van der Waals surface area (Å²) < 4.78 is 10.9. The number of nitrogens with zero attached hydrogens (tertiary/aromatic N) is 4. The maximum Gasteiger partial charge on any atom is 0.247 e. The van der Waals surface area contributed by atoms with Gasteiger partial charge in [0.15, 0.2) is 0 Å². The average molecular weight is 492 g/mol. The molecule has 0 aliphatic heterocycles. The molecule has 0 saturated carbocycles. The van der Waals surface area contributed by atoms with E-state index in [-0.39, 0.29) is 5.91 Å². The van der Waals surface area contributed by atoms with Gasteiger partial charge in [0.05, 0.1) is 31.3 Å². The van der Waals surface area contributed by atoms with E-state index in [4.69, 9.17) is 9.47 Å². The first kappa shape index (κ1) is 26.3. The van der Waals surface area contributed by atoms with E-state index >= 15 is 0 Å². The van der Waals surface area contributed by atoms with Crippen molar-refractivity contribution in [2.24, 2.45) is 0 Å². The lowest BCUT2D eigenvalue weighted by molar-refractivity contribution is -0.111. The number of carbonyl (C=O) groups excluding carboxylic acids is 1. The number of methoxy groups -OCH3 is 2. The zero-order chi connectivity index (χ0) is 26.1. The van der Waals surface area contributed by atoms with E-state index in [9.17, 15) is 4.79 Å². The molecule has 0 aliphatic rings. The molecule has 3 N–H and O–H groups in total. The van der Waals surface area contributed by atoms with Crippen molar-refractivity contribution in [3.05, 3.63) is 61.3 Å². The lowest BCUT2D eigenvalue weighted by atomic mass is 10.2. The number of hydrogen-bond acceptors (Lipinski definition) is 9. The van der Waals surface area contributed by atoms with Gasteiger partial charge in [-0.05, 0) is 44.4 Å². The van der Waals surface area contributed by atoms with Gasteiger partial charge in [-0.2, -0.15) is 4.98 Å². The Bertz CT molecular complexity index is 1200. The number of rotatable bonds is 12. The zero-order valence-electron chi connectivity index (χ0n) is 21.3. The summed E-state index contributed by atoms with van der Waals surface area (Å²) in [6.45, 7) is 5.16. The van der Waals surface area contributed by atoms with Crippen LogP contribution in [0.25, 0.3) is 0 Å².